The van der Waals surface area contributed by atoms with Gasteiger partial charge in [-0.3, -0.25) is 14.5 Å². The van der Waals surface area contributed by atoms with Crippen LogP contribution in [0.5, 0.6) is 0 Å². The topological polar surface area (TPSA) is 128 Å². The van der Waals surface area contributed by atoms with Crippen LogP contribution in [-0.4, -0.2) is 47.4 Å². The summed E-state index contributed by atoms with van der Waals surface area (Å²) >= 11 is 0. The fourth-order valence-corrected chi connectivity index (χ4v) is 5.29. The first-order valence-corrected chi connectivity index (χ1v) is 12.4. The number of nitrogens with one attached hydrogen (secondary N) is 2. The van der Waals surface area contributed by atoms with Crippen molar-refractivity contribution >= 4 is 35.0 Å². The molecule has 0 radical (unpaired) electrons. The summed E-state index contributed by atoms with van der Waals surface area (Å²) in [7, 11) is 1.39. The Balaban J connectivity index is 1.67. The lowest BCUT2D eigenvalue weighted by Crippen LogP contribution is -2.41. The summed E-state index contributed by atoms with van der Waals surface area (Å²) in [6.07, 6.45) is 1.81. The Morgan fingerprint density at radius 1 is 1.08 bits per heavy atom. The summed E-state index contributed by atoms with van der Waals surface area (Å²) in [6.45, 7) is 1.86. The third-order valence-corrected chi connectivity index (χ3v) is 7.19. The van der Waals surface area contributed by atoms with Gasteiger partial charge in [0.25, 0.3) is 5.91 Å². The van der Waals surface area contributed by atoms with Crippen molar-refractivity contribution in [3.8, 4) is 0 Å². The average Bonchev–Trinajstić information content (AvgIpc) is 2.89. The fraction of sp³-hybridized carbons (Fsp3) is 0.444. The van der Waals surface area contributed by atoms with Crippen LogP contribution in [0.15, 0.2) is 42.5 Å². The molecule has 0 bridgehead atoms. The zero-order valence-electron chi connectivity index (χ0n) is 20.6. The highest BCUT2D eigenvalue weighted by atomic mass is 16.5. The number of aliphatic hydroxyl groups excluding tert-OH is 1. The monoisotopic (exact) mass is 495 g/mol. The molecule has 4 N–H and O–H groups in total. The first-order valence-electron chi connectivity index (χ1n) is 12.4. The van der Waals surface area contributed by atoms with Crippen molar-refractivity contribution in [1.29, 1.82) is 0 Å². The minimum absolute atomic E-state index is 0.0197. The van der Waals surface area contributed by atoms with E-state index in [0.29, 0.717) is 47.5 Å². The number of methoxy groups -OCH3 is 1. The Morgan fingerprint density at radius 3 is 2.53 bits per heavy atom. The molecule has 0 unspecified atom stereocenters. The zero-order chi connectivity index (χ0) is 25.8. The quantitative estimate of drug-likeness (QED) is 0.439. The molecule has 0 spiro atoms. The van der Waals surface area contributed by atoms with Gasteiger partial charge in [0, 0.05) is 17.6 Å². The van der Waals surface area contributed by atoms with Crippen LogP contribution in [0.2, 0.25) is 0 Å². The van der Waals surface area contributed by atoms with Gasteiger partial charge in [-0.15, -0.1) is 0 Å². The van der Waals surface area contributed by atoms with Gasteiger partial charge in [0.2, 0.25) is 0 Å². The molecule has 1 aliphatic heterocycles. The molecule has 2 aliphatic rings. The van der Waals surface area contributed by atoms with E-state index in [-0.39, 0.29) is 24.0 Å². The van der Waals surface area contributed by atoms with Crippen LogP contribution in [0, 0.1) is 5.92 Å². The molecular weight excluding hydrogens is 462 g/mol. The Morgan fingerprint density at radius 2 is 1.83 bits per heavy atom. The van der Waals surface area contributed by atoms with E-state index in [1.54, 1.807) is 42.5 Å². The molecule has 1 saturated carbocycles. The molecule has 1 heterocycles. The van der Waals surface area contributed by atoms with Gasteiger partial charge in [-0.1, -0.05) is 36.8 Å². The Kier molecular flexibility index (Phi) is 7.79. The van der Waals surface area contributed by atoms with Gasteiger partial charge in [0.1, 0.15) is 0 Å². The van der Waals surface area contributed by atoms with Crippen LogP contribution in [-0.2, 0) is 20.7 Å². The van der Waals surface area contributed by atoms with Crippen LogP contribution in [0.4, 0.5) is 21.9 Å². The molecule has 192 valence electrons. The number of hydrogen-bond acceptors (Lipinski definition) is 6. The van der Waals surface area contributed by atoms with Crippen molar-refractivity contribution in [2.24, 2.45) is 5.92 Å². The van der Waals surface area contributed by atoms with Gasteiger partial charge in [-0.25, -0.2) is 4.79 Å². The van der Waals surface area contributed by atoms with Gasteiger partial charge >= 0.3 is 12.1 Å². The molecule has 9 nitrogen and oxygen atoms in total. The normalized spacial score (nSPS) is 22.2. The maximum absolute atomic E-state index is 13.1. The zero-order valence-corrected chi connectivity index (χ0v) is 20.6. The predicted octanol–water partition coefficient (Wildman–Crippen LogP) is 4.32. The molecule has 2 aromatic carbocycles. The van der Waals surface area contributed by atoms with E-state index in [9.17, 15) is 24.6 Å². The summed E-state index contributed by atoms with van der Waals surface area (Å²) in [5.41, 5.74) is 2.79. The number of hydrogen-bond donors (Lipinski definition) is 4. The second-order valence-corrected chi connectivity index (χ2v) is 9.56. The minimum atomic E-state index is -1.38. The second kappa shape index (κ2) is 11.0. The lowest BCUT2D eigenvalue weighted by Gasteiger charge is -2.36. The van der Waals surface area contributed by atoms with Crippen molar-refractivity contribution in [2.45, 2.75) is 63.6 Å². The number of ether oxygens (including phenoxy) is 1. The molecule has 4 rings (SSSR count). The van der Waals surface area contributed by atoms with Crippen molar-refractivity contribution in [3.63, 3.8) is 0 Å². The van der Waals surface area contributed by atoms with Crippen LogP contribution < -0.4 is 15.5 Å². The molecular formula is C27H33N3O6. The first-order chi connectivity index (χ1) is 17.3. The SMILES string of the molecule is COC(=O)[C@@H]1CCC[C@@H](Nc2ccc3c(c2NC(=O)[C@H](O)c2ccccc2)CC[C@H](C)N3C(=O)O)C1. The predicted molar refractivity (Wildman–Crippen MR) is 136 cm³/mol. The van der Waals surface area contributed by atoms with Gasteiger partial charge < -0.3 is 25.6 Å². The maximum atomic E-state index is 13.1. The summed E-state index contributed by atoms with van der Waals surface area (Å²) in [4.78, 5) is 38.6. The van der Waals surface area contributed by atoms with E-state index in [1.807, 2.05) is 6.92 Å². The number of benzene rings is 2. The van der Waals surface area contributed by atoms with Crippen molar-refractivity contribution in [1.82, 2.24) is 0 Å². The molecule has 1 fully saturated rings. The lowest BCUT2D eigenvalue weighted by molar-refractivity contribution is -0.146. The third-order valence-electron chi connectivity index (χ3n) is 7.19. The number of amides is 2. The van der Waals surface area contributed by atoms with Crippen molar-refractivity contribution in [2.75, 3.05) is 22.6 Å². The number of anilines is 3. The van der Waals surface area contributed by atoms with Gasteiger partial charge in [0.15, 0.2) is 6.10 Å². The molecule has 36 heavy (non-hydrogen) atoms. The third kappa shape index (κ3) is 5.31. The van der Waals surface area contributed by atoms with Gasteiger partial charge in [-0.2, -0.15) is 0 Å². The molecule has 0 aromatic heterocycles. The smallest absolute Gasteiger partial charge is 0.412 e. The van der Waals surface area contributed by atoms with Crippen molar-refractivity contribution in [3.05, 3.63) is 53.6 Å². The number of fused-ring (bicyclic) bond motifs is 1. The number of carbonyl (C=O) groups excluding carboxylic acids is 2. The molecule has 2 aromatic rings. The van der Waals surface area contributed by atoms with E-state index >= 15 is 0 Å². The van der Waals surface area contributed by atoms with Gasteiger partial charge in [-0.05, 0) is 56.7 Å². The summed E-state index contributed by atoms with van der Waals surface area (Å²) < 4.78 is 4.94. The van der Waals surface area contributed by atoms with Crippen LogP contribution >= 0.6 is 0 Å². The van der Waals surface area contributed by atoms with Crippen LogP contribution in [0.1, 0.15) is 56.3 Å². The van der Waals surface area contributed by atoms with E-state index < -0.39 is 18.1 Å². The van der Waals surface area contributed by atoms with E-state index in [1.165, 1.54) is 12.0 Å². The van der Waals surface area contributed by atoms with Crippen LogP contribution in [0.3, 0.4) is 0 Å². The molecule has 2 amide bonds. The highest BCUT2D eigenvalue weighted by Gasteiger charge is 2.33. The Bertz CT molecular complexity index is 1120. The largest absolute Gasteiger partial charge is 0.469 e. The van der Waals surface area contributed by atoms with E-state index in [4.69, 9.17) is 4.74 Å². The number of nitrogens with zero attached hydrogens (tertiary/aromatic N) is 1. The van der Waals surface area contributed by atoms with Gasteiger partial charge in [0.05, 0.1) is 30.1 Å². The molecule has 1 aliphatic carbocycles. The Labute approximate surface area is 210 Å². The first kappa shape index (κ1) is 25.5. The number of aliphatic hydroxyl groups is 1. The highest BCUT2D eigenvalue weighted by molar-refractivity contribution is 6.01. The molecule has 4 atom stereocenters. The number of carbonyl (C=O) groups is 3. The van der Waals surface area contributed by atoms with Crippen molar-refractivity contribution < 1.29 is 29.3 Å². The highest BCUT2D eigenvalue weighted by Crippen LogP contribution is 2.41. The Hall–Kier alpha value is -3.59. The summed E-state index contributed by atoms with van der Waals surface area (Å²) in [6, 6.07) is 11.9. The van der Waals surface area contributed by atoms with Crippen LogP contribution in [0.25, 0.3) is 0 Å². The minimum Gasteiger partial charge on any atom is -0.469 e. The number of carboxylic acid groups (broad SMARTS) is 1. The second-order valence-electron chi connectivity index (χ2n) is 9.56. The van der Waals surface area contributed by atoms with E-state index in [2.05, 4.69) is 10.6 Å². The fourth-order valence-electron chi connectivity index (χ4n) is 5.29. The maximum Gasteiger partial charge on any atom is 0.412 e. The number of rotatable bonds is 6. The number of esters is 1. The lowest BCUT2D eigenvalue weighted by atomic mass is 9.85. The molecule has 0 saturated heterocycles. The standard InChI is InChI=1S/C27H33N3O6/c1-16-11-12-20-22(30(16)27(34)35)14-13-21(28-19-10-6-9-18(15-19)26(33)36-2)23(20)29-25(32)24(31)17-7-4-3-5-8-17/h3-5,7-8,13-14,16,18-19,24,28,31H,6,9-12,15H2,1-2H3,(H,29,32)(H,34,35)/t16-,18+,19+,24+/m0/s1. The molecule has 9 heteroatoms. The average molecular weight is 496 g/mol. The van der Waals surface area contributed by atoms with E-state index in [0.717, 1.165) is 19.3 Å². The summed E-state index contributed by atoms with van der Waals surface area (Å²) in [5, 5.41) is 26.9. The summed E-state index contributed by atoms with van der Waals surface area (Å²) in [5.74, 6) is -1.02.